The molecule has 1 amide bonds. The van der Waals surface area contributed by atoms with E-state index in [1.807, 2.05) is 41.3 Å². The zero-order valence-corrected chi connectivity index (χ0v) is 12.8. The van der Waals surface area contributed by atoms with Gasteiger partial charge in [0.05, 0.1) is 0 Å². The van der Waals surface area contributed by atoms with Gasteiger partial charge in [-0.2, -0.15) is 0 Å². The summed E-state index contributed by atoms with van der Waals surface area (Å²) < 4.78 is 0. The van der Waals surface area contributed by atoms with Gasteiger partial charge in [-0.3, -0.25) is 9.78 Å². The van der Waals surface area contributed by atoms with Crippen molar-refractivity contribution in [3.8, 4) is 0 Å². The Bertz CT molecular complexity index is 636. The van der Waals surface area contributed by atoms with Crippen molar-refractivity contribution in [1.29, 1.82) is 0 Å². The number of carbonyl (C=O) groups excluding carboxylic acids is 1. The average Bonchev–Trinajstić information content (AvgIpc) is 3.09. The molecule has 1 atom stereocenters. The first-order valence-electron chi connectivity index (χ1n) is 7.80. The highest BCUT2D eigenvalue weighted by molar-refractivity contribution is 5.95. The van der Waals surface area contributed by atoms with E-state index in [0.29, 0.717) is 0 Å². The minimum atomic E-state index is 0.137. The lowest BCUT2D eigenvalue weighted by Crippen LogP contribution is -2.27. The van der Waals surface area contributed by atoms with Crippen LogP contribution >= 0.6 is 0 Å². The van der Waals surface area contributed by atoms with E-state index in [1.54, 1.807) is 12.4 Å². The predicted molar refractivity (Wildman–Crippen MR) is 87.9 cm³/mol. The molecule has 1 fully saturated rings. The molecule has 0 radical (unpaired) electrons. The summed E-state index contributed by atoms with van der Waals surface area (Å²) in [6.07, 6.45) is 5.81. The van der Waals surface area contributed by atoms with Crippen LogP contribution in [0, 0.1) is 0 Å². The molecule has 4 nitrogen and oxygen atoms in total. The fourth-order valence-corrected chi connectivity index (χ4v) is 2.83. The first-order chi connectivity index (χ1) is 10.7. The summed E-state index contributed by atoms with van der Waals surface area (Å²) in [4.78, 5) is 18.4. The van der Waals surface area contributed by atoms with Crippen molar-refractivity contribution in [2.75, 3.05) is 18.4 Å². The van der Waals surface area contributed by atoms with Crippen LogP contribution in [0.1, 0.15) is 41.7 Å². The van der Waals surface area contributed by atoms with Gasteiger partial charge in [-0.25, -0.2) is 0 Å². The molecule has 1 N–H and O–H groups in total. The maximum absolute atomic E-state index is 12.4. The van der Waals surface area contributed by atoms with Gasteiger partial charge in [0.1, 0.15) is 0 Å². The summed E-state index contributed by atoms with van der Waals surface area (Å²) in [5, 5.41) is 3.45. The summed E-state index contributed by atoms with van der Waals surface area (Å²) in [5.74, 6) is 0.137. The molecular weight excluding hydrogens is 274 g/mol. The topological polar surface area (TPSA) is 45.2 Å². The van der Waals surface area contributed by atoms with Gasteiger partial charge in [0.2, 0.25) is 0 Å². The molecule has 1 aliphatic heterocycles. The fraction of sp³-hybridized carbons (Fsp3) is 0.333. The fourth-order valence-electron chi connectivity index (χ4n) is 2.83. The number of nitrogens with zero attached hydrogens (tertiary/aromatic N) is 2. The van der Waals surface area contributed by atoms with Crippen LogP contribution in [0.4, 0.5) is 5.69 Å². The zero-order valence-electron chi connectivity index (χ0n) is 12.8. The summed E-state index contributed by atoms with van der Waals surface area (Å²) in [6.45, 7) is 3.86. The van der Waals surface area contributed by atoms with Crippen LogP contribution in [0.25, 0.3) is 0 Å². The third-order valence-corrected chi connectivity index (χ3v) is 4.09. The van der Waals surface area contributed by atoms with Gasteiger partial charge in [-0.05, 0) is 55.7 Å². The largest absolute Gasteiger partial charge is 0.378 e. The minimum absolute atomic E-state index is 0.137. The predicted octanol–water partition coefficient (Wildman–Crippen LogP) is 3.49. The zero-order chi connectivity index (χ0) is 15.4. The molecule has 1 aliphatic rings. The minimum Gasteiger partial charge on any atom is -0.378 e. The van der Waals surface area contributed by atoms with E-state index in [9.17, 15) is 4.79 Å². The van der Waals surface area contributed by atoms with Crippen molar-refractivity contribution >= 4 is 11.6 Å². The highest BCUT2D eigenvalue weighted by atomic mass is 16.2. The van der Waals surface area contributed by atoms with E-state index in [4.69, 9.17) is 0 Å². The van der Waals surface area contributed by atoms with Crippen molar-refractivity contribution in [3.05, 3.63) is 59.9 Å². The number of amides is 1. The highest BCUT2D eigenvalue weighted by Gasteiger charge is 2.19. The Kier molecular flexibility index (Phi) is 4.37. The molecule has 22 heavy (non-hydrogen) atoms. The molecule has 0 bridgehead atoms. The number of hydrogen-bond donors (Lipinski definition) is 1. The summed E-state index contributed by atoms with van der Waals surface area (Å²) >= 11 is 0. The summed E-state index contributed by atoms with van der Waals surface area (Å²) in [7, 11) is 0. The lowest BCUT2D eigenvalue weighted by molar-refractivity contribution is 0.0793. The Labute approximate surface area is 131 Å². The number of anilines is 1. The van der Waals surface area contributed by atoms with Gasteiger partial charge < -0.3 is 10.2 Å². The van der Waals surface area contributed by atoms with E-state index in [0.717, 1.165) is 37.2 Å². The van der Waals surface area contributed by atoms with E-state index >= 15 is 0 Å². The molecular formula is C18H21N3O. The Morgan fingerprint density at radius 1 is 1.18 bits per heavy atom. The van der Waals surface area contributed by atoms with Gasteiger partial charge in [0.15, 0.2) is 0 Å². The molecule has 0 spiro atoms. The monoisotopic (exact) mass is 295 g/mol. The summed E-state index contributed by atoms with van der Waals surface area (Å²) in [6, 6.07) is 11.9. The first kappa shape index (κ1) is 14.6. The second-order valence-electron chi connectivity index (χ2n) is 5.73. The van der Waals surface area contributed by atoms with Crippen LogP contribution in [-0.4, -0.2) is 28.9 Å². The van der Waals surface area contributed by atoms with Crippen molar-refractivity contribution in [2.45, 2.75) is 25.8 Å². The SMILES string of the molecule is CC(Nc1cccc(C(=O)N2CCCC2)c1)c1ccncc1. The van der Waals surface area contributed by atoms with Crippen LogP contribution in [0.15, 0.2) is 48.8 Å². The molecule has 2 heterocycles. The number of hydrogen-bond acceptors (Lipinski definition) is 3. The average molecular weight is 295 g/mol. The lowest BCUT2D eigenvalue weighted by atomic mass is 10.1. The number of benzene rings is 1. The second-order valence-corrected chi connectivity index (χ2v) is 5.73. The number of carbonyl (C=O) groups is 1. The van der Waals surface area contributed by atoms with Gasteiger partial charge in [-0.1, -0.05) is 6.07 Å². The number of rotatable bonds is 4. The van der Waals surface area contributed by atoms with Gasteiger partial charge in [0.25, 0.3) is 5.91 Å². The Balaban J connectivity index is 1.72. The van der Waals surface area contributed by atoms with Crippen molar-refractivity contribution in [3.63, 3.8) is 0 Å². The third-order valence-electron chi connectivity index (χ3n) is 4.09. The molecule has 2 aromatic rings. The second kappa shape index (κ2) is 6.60. The maximum atomic E-state index is 12.4. The molecule has 4 heteroatoms. The standard InChI is InChI=1S/C18H21N3O/c1-14(15-7-9-19-10-8-15)20-17-6-4-5-16(13-17)18(22)21-11-2-3-12-21/h4-10,13-14,20H,2-3,11-12H2,1H3. The molecule has 1 saturated heterocycles. The molecule has 114 valence electrons. The Hall–Kier alpha value is -2.36. The quantitative estimate of drug-likeness (QED) is 0.939. The van der Waals surface area contributed by atoms with Crippen LogP contribution in [-0.2, 0) is 0 Å². The van der Waals surface area contributed by atoms with Gasteiger partial charge >= 0.3 is 0 Å². The van der Waals surface area contributed by atoms with E-state index in [-0.39, 0.29) is 11.9 Å². The molecule has 1 aromatic carbocycles. The van der Waals surface area contributed by atoms with Crippen LogP contribution in [0.2, 0.25) is 0 Å². The normalized spacial score (nSPS) is 15.6. The van der Waals surface area contributed by atoms with Gasteiger partial charge in [-0.15, -0.1) is 0 Å². The van der Waals surface area contributed by atoms with Crippen molar-refractivity contribution in [2.24, 2.45) is 0 Å². The number of aromatic nitrogens is 1. The maximum Gasteiger partial charge on any atom is 0.253 e. The summed E-state index contributed by atoms with van der Waals surface area (Å²) in [5.41, 5.74) is 2.90. The number of nitrogens with one attached hydrogen (secondary N) is 1. The van der Waals surface area contributed by atoms with E-state index in [1.165, 1.54) is 5.56 Å². The third kappa shape index (κ3) is 3.27. The molecule has 0 saturated carbocycles. The molecule has 3 rings (SSSR count). The van der Waals surface area contributed by atoms with E-state index in [2.05, 4.69) is 17.2 Å². The molecule has 1 aromatic heterocycles. The van der Waals surface area contributed by atoms with Gasteiger partial charge in [0, 0.05) is 42.8 Å². The van der Waals surface area contributed by atoms with E-state index < -0.39 is 0 Å². The Morgan fingerprint density at radius 2 is 1.91 bits per heavy atom. The first-order valence-corrected chi connectivity index (χ1v) is 7.80. The number of pyridine rings is 1. The Morgan fingerprint density at radius 3 is 2.64 bits per heavy atom. The van der Waals surface area contributed by atoms with Crippen molar-refractivity contribution in [1.82, 2.24) is 9.88 Å². The lowest BCUT2D eigenvalue weighted by Gasteiger charge is -2.18. The highest BCUT2D eigenvalue weighted by Crippen LogP contribution is 2.21. The van der Waals surface area contributed by atoms with Crippen LogP contribution < -0.4 is 5.32 Å². The smallest absolute Gasteiger partial charge is 0.253 e. The van der Waals surface area contributed by atoms with Crippen LogP contribution in [0.5, 0.6) is 0 Å². The molecule has 0 aliphatic carbocycles. The number of likely N-dealkylation sites (tertiary alicyclic amines) is 1. The van der Waals surface area contributed by atoms with Crippen molar-refractivity contribution < 1.29 is 4.79 Å². The molecule has 1 unspecified atom stereocenters. The van der Waals surface area contributed by atoms with Crippen LogP contribution in [0.3, 0.4) is 0 Å².